The summed E-state index contributed by atoms with van der Waals surface area (Å²) in [7, 11) is 1.56. The first kappa shape index (κ1) is 9.68. The number of carbonyl (C=O) groups excluding carboxylic acids is 1. The first-order chi connectivity index (χ1) is 5.34. The van der Waals surface area contributed by atoms with E-state index in [0.717, 1.165) is 0 Å². The average molecular weight is 155 g/mol. The van der Waals surface area contributed by atoms with Crippen molar-refractivity contribution in [3.63, 3.8) is 0 Å². The van der Waals surface area contributed by atoms with E-state index in [4.69, 9.17) is 0 Å². The summed E-state index contributed by atoms with van der Waals surface area (Å²) in [5.41, 5.74) is 0. The maximum atomic E-state index is 10.7. The van der Waals surface area contributed by atoms with Crippen LogP contribution in [0.2, 0.25) is 0 Å². The van der Waals surface area contributed by atoms with Crippen LogP contribution in [0, 0.1) is 0 Å². The number of aromatic amines is 1. The summed E-state index contributed by atoms with van der Waals surface area (Å²) in [5, 5.41) is 2.43. The number of amides is 1. The zero-order chi connectivity index (χ0) is 8.69. The van der Waals surface area contributed by atoms with E-state index in [1.165, 1.54) is 6.20 Å². The van der Waals surface area contributed by atoms with Gasteiger partial charge in [-0.05, 0) is 0 Å². The summed E-state index contributed by atoms with van der Waals surface area (Å²) in [4.78, 5) is 17.1. The normalized spacial score (nSPS) is 7.91. The van der Waals surface area contributed by atoms with E-state index >= 15 is 0 Å². The van der Waals surface area contributed by atoms with Crippen molar-refractivity contribution < 1.29 is 4.79 Å². The molecule has 1 heterocycles. The van der Waals surface area contributed by atoms with E-state index in [0.29, 0.717) is 5.82 Å². The van der Waals surface area contributed by atoms with Gasteiger partial charge in [-0.15, -0.1) is 0 Å². The molecular formula is C7H13N3O. The van der Waals surface area contributed by atoms with Gasteiger partial charge in [-0.3, -0.25) is 4.79 Å². The Bertz CT molecular complexity index is 193. The van der Waals surface area contributed by atoms with Crippen LogP contribution in [0.3, 0.4) is 0 Å². The molecule has 11 heavy (non-hydrogen) atoms. The molecule has 0 radical (unpaired) electrons. The van der Waals surface area contributed by atoms with E-state index < -0.39 is 0 Å². The van der Waals surface area contributed by atoms with Gasteiger partial charge in [0.25, 0.3) is 5.91 Å². The smallest absolute Gasteiger partial charge is 0.286 e. The quantitative estimate of drug-likeness (QED) is 0.630. The van der Waals surface area contributed by atoms with Gasteiger partial charge in [0.2, 0.25) is 0 Å². The van der Waals surface area contributed by atoms with Gasteiger partial charge in [-0.2, -0.15) is 0 Å². The summed E-state index contributed by atoms with van der Waals surface area (Å²) in [6.07, 6.45) is 3.13. The van der Waals surface area contributed by atoms with Crippen LogP contribution in [-0.2, 0) is 0 Å². The fourth-order valence-electron chi connectivity index (χ4n) is 0.508. The highest BCUT2D eigenvalue weighted by molar-refractivity contribution is 5.90. The summed E-state index contributed by atoms with van der Waals surface area (Å²) in [6.45, 7) is 4.00. The Kier molecular flexibility index (Phi) is 4.81. The topological polar surface area (TPSA) is 57.8 Å². The third-order valence-corrected chi connectivity index (χ3v) is 0.940. The van der Waals surface area contributed by atoms with Crippen molar-refractivity contribution in [3.05, 3.63) is 18.2 Å². The molecule has 1 aromatic rings. The van der Waals surface area contributed by atoms with E-state index in [1.54, 1.807) is 13.2 Å². The second-order valence-electron chi connectivity index (χ2n) is 1.52. The molecule has 4 heteroatoms. The van der Waals surface area contributed by atoms with Crippen molar-refractivity contribution in [1.82, 2.24) is 15.3 Å². The lowest BCUT2D eigenvalue weighted by molar-refractivity contribution is 0.0954. The van der Waals surface area contributed by atoms with Crippen LogP contribution in [0.25, 0.3) is 0 Å². The Morgan fingerprint density at radius 3 is 2.64 bits per heavy atom. The van der Waals surface area contributed by atoms with Crippen LogP contribution < -0.4 is 5.32 Å². The number of hydrogen-bond acceptors (Lipinski definition) is 2. The van der Waals surface area contributed by atoms with Crippen molar-refractivity contribution in [2.45, 2.75) is 13.8 Å². The molecule has 0 aromatic carbocycles. The molecule has 0 aliphatic carbocycles. The Morgan fingerprint density at radius 1 is 1.64 bits per heavy atom. The molecule has 1 aromatic heterocycles. The minimum Gasteiger partial charge on any atom is -0.352 e. The van der Waals surface area contributed by atoms with Crippen LogP contribution in [-0.4, -0.2) is 22.9 Å². The van der Waals surface area contributed by atoms with Gasteiger partial charge >= 0.3 is 0 Å². The molecular weight excluding hydrogens is 142 g/mol. The Labute approximate surface area is 66.0 Å². The molecule has 1 amide bonds. The Morgan fingerprint density at radius 2 is 2.27 bits per heavy atom. The number of rotatable bonds is 1. The fraction of sp³-hybridized carbons (Fsp3) is 0.429. The highest BCUT2D eigenvalue weighted by Gasteiger charge is 2.01. The second-order valence-corrected chi connectivity index (χ2v) is 1.52. The maximum Gasteiger partial charge on any atom is 0.286 e. The van der Waals surface area contributed by atoms with Crippen LogP contribution in [0.1, 0.15) is 24.5 Å². The summed E-state index contributed by atoms with van der Waals surface area (Å²) in [5.74, 6) is 0.150. The van der Waals surface area contributed by atoms with Crippen molar-refractivity contribution in [3.8, 4) is 0 Å². The fourth-order valence-corrected chi connectivity index (χ4v) is 0.508. The van der Waals surface area contributed by atoms with E-state index in [-0.39, 0.29) is 5.91 Å². The Balaban J connectivity index is 0.000000461. The summed E-state index contributed by atoms with van der Waals surface area (Å²) < 4.78 is 0. The first-order valence-electron chi connectivity index (χ1n) is 3.56. The van der Waals surface area contributed by atoms with Gasteiger partial charge in [0.05, 0.1) is 0 Å². The number of hydrogen-bond donors (Lipinski definition) is 2. The molecule has 0 saturated heterocycles. The van der Waals surface area contributed by atoms with Crippen molar-refractivity contribution in [1.29, 1.82) is 0 Å². The third kappa shape index (κ3) is 2.84. The SMILES string of the molecule is CC.CNC(=O)c1ncc[nH]1. The van der Waals surface area contributed by atoms with Crippen LogP contribution in [0.5, 0.6) is 0 Å². The molecule has 0 unspecified atom stereocenters. The monoisotopic (exact) mass is 155 g/mol. The van der Waals surface area contributed by atoms with Gasteiger partial charge in [0, 0.05) is 19.4 Å². The minimum absolute atomic E-state index is 0.194. The lowest BCUT2D eigenvalue weighted by Crippen LogP contribution is -2.18. The number of aromatic nitrogens is 2. The maximum absolute atomic E-state index is 10.7. The van der Waals surface area contributed by atoms with Crippen LogP contribution >= 0.6 is 0 Å². The van der Waals surface area contributed by atoms with E-state index in [2.05, 4.69) is 15.3 Å². The number of nitrogens with one attached hydrogen (secondary N) is 2. The number of nitrogens with zero attached hydrogens (tertiary/aromatic N) is 1. The van der Waals surface area contributed by atoms with Crippen molar-refractivity contribution in [2.24, 2.45) is 0 Å². The van der Waals surface area contributed by atoms with Gasteiger partial charge in [-0.1, -0.05) is 13.8 Å². The third-order valence-electron chi connectivity index (χ3n) is 0.940. The molecule has 0 aliphatic heterocycles. The summed E-state index contributed by atoms with van der Waals surface area (Å²) in [6, 6.07) is 0. The summed E-state index contributed by atoms with van der Waals surface area (Å²) >= 11 is 0. The minimum atomic E-state index is -0.194. The molecule has 0 atom stereocenters. The van der Waals surface area contributed by atoms with Crippen LogP contribution in [0.4, 0.5) is 0 Å². The highest BCUT2D eigenvalue weighted by atomic mass is 16.2. The molecule has 62 valence electrons. The van der Waals surface area contributed by atoms with Crippen molar-refractivity contribution in [2.75, 3.05) is 7.05 Å². The van der Waals surface area contributed by atoms with Gasteiger partial charge in [0.15, 0.2) is 5.82 Å². The molecule has 0 aliphatic rings. The highest BCUT2D eigenvalue weighted by Crippen LogP contribution is 1.84. The van der Waals surface area contributed by atoms with Crippen molar-refractivity contribution >= 4 is 5.91 Å². The lowest BCUT2D eigenvalue weighted by Gasteiger charge is -1.90. The predicted octanol–water partition coefficient (Wildman–Crippen LogP) is 0.795. The molecule has 0 spiro atoms. The van der Waals surface area contributed by atoms with Gasteiger partial charge in [0.1, 0.15) is 0 Å². The first-order valence-corrected chi connectivity index (χ1v) is 3.56. The molecule has 0 bridgehead atoms. The zero-order valence-corrected chi connectivity index (χ0v) is 7.01. The number of imidazole rings is 1. The molecule has 2 N–H and O–H groups in total. The lowest BCUT2D eigenvalue weighted by atomic mass is 10.6. The largest absolute Gasteiger partial charge is 0.352 e. The van der Waals surface area contributed by atoms with Gasteiger partial charge in [-0.25, -0.2) is 4.98 Å². The van der Waals surface area contributed by atoms with Gasteiger partial charge < -0.3 is 10.3 Å². The van der Waals surface area contributed by atoms with Crippen LogP contribution in [0.15, 0.2) is 12.4 Å². The molecule has 0 fully saturated rings. The molecule has 1 rings (SSSR count). The average Bonchev–Trinajstić information content (AvgIpc) is 2.59. The molecule has 4 nitrogen and oxygen atoms in total. The van der Waals surface area contributed by atoms with E-state index in [1.807, 2.05) is 13.8 Å². The van der Waals surface area contributed by atoms with E-state index in [9.17, 15) is 4.79 Å². The molecule has 0 saturated carbocycles. The zero-order valence-electron chi connectivity index (χ0n) is 7.01. The standard InChI is InChI=1S/C5H7N3O.C2H6/c1-6-5(9)4-7-2-3-8-4;1-2/h2-3H,1H3,(H,6,9)(H,7,8);1-2H3. The number of carbonyl (C=O) groups is 1. The Hall–Kier alpha value is -1.32. The number of H-pyrrole nitrogens is 1. The second kappa shape index (κ2) is 5.46. The predicted molar refractivity (Wildman–Crippen MR) is 43.3 cm³/mol.